The number of methoxy groups -OCH3 is 1. The molecule has 1 fully saturated rings. The third-order valence-electron chi connectivity index (χ3n) is 4.92. The fraction of sp³-hybridized carbons (Fsp3) is 0.333. The molecule has 0 spiro atoms. The molecule has 2 heterocycles. The largest absolute Gasteiger partial charge is 0.465 e. The molecule has 1 saturated heterocycles. The number of fused-ring (bicyclic) bond motifs is 1. The molecule has 0 aliphatic carbocycles. The molecule has 0 radical (unpaired) electrons. The van der Waals surface area contributed by atoms with Gasteiger partial charge in [0.15, 0.2) is 0 Å². The third-order valence-corrected chi connectivity index (χ3v) is 6.12. The van der Waals surface area contributed by atoms with E-state index in [-0.39, 0.29) is 5.97 Å². The molecule has 4 rings (SSSR count). The highest BCUT2D eigenvalue weighted by Crippen LogP contribution is 2.33. The van der Waals surface area contributed by atoms with Crippen molar-refractivity contribution in [3.63, 3.8) is 0 Å². The Hall–Kier alpha value is -2.24. The normalized spacial score (nSPS) is 18.1. The minimum atomic E-state index is -0.280. The smallest absolute Gasteiger partial charge is 0.337 e. The van der Waals surface area contributed by atoms with Crippen molar-refractivity contribution in [2.45, 2.75) is 25.3 Å². The monoisotopic (exact) mass is 366 g/mol. The first-order valence-electron chi connectivity index (χ1n) is 8.98. The summed E-state index contributed by atoms with van der Waals surface area (Å²) >= 11 is 1.82. The third kappa shape index (κ3) is 3.64. The van der Waals surface area contributed by atoms with Crippen molar-refractivity contribution in [3.8, 4) is 0 Å². The molecule has 4 nitrogen and oxygen atoms in total. The van der Waals surface area contributed by atoms with E-state index in [0.717, 1.165) is 30.7 Å². The van der Waals surface area contributed by atoms with Gasteiger partial charge in [-0.3, -0.25) is 4.90 Å². The predicted octanol–water partition coefficient (Wildman–Crippen LogP) is 4.46. The summed E-state index contributed by atoms with van der Waals surface area (Å²) in [4.78, 5) is 19.1. The molecule has 2 aromatic carbocycles. The van der Waals surface area contributed by atoms with Crippen LogP contribution in [-0.2, 0) is 11.3 Å². The number of nitrogens with zero attached hydrogens (tertiary/aromatic N) is 2. The van der Waals surface area contributed by atoms with Crippen LogP contribution in [0.1, 0.15) is 39.7 Å². The number of piperidine rings is 1. The van der Waals surface area contributed by atoms with Crippen molar-refractivity contribution in [1.29, 1.82) is 0 Å². The molecular formula is C21H22N2O2S. The van der Waals surface area contributed by atoms with Crippen LogP contribution in [0, 0.1) is 0 Å². The van der Waals surface area contributed by atoms with Gasteiger partial charge in [-0.25, -0.2) is 9.78 Å². The minimum Gasteiger partial charge on any atom is -0.465 e. The zero-order chi connectivity index (χ0) is 17.9. The average Bonchev–Trinajstić information content (AvgIpc) is 3.12. The van der Waals surface area contributed by atoms with E-state index in [0.29, 0.717) is 11.5 Å². The molecule has 26 heavy (non-hydrogen) atoms. The fourth-order valence-electron chi connectivity index (χ4n) is 3.64. The number of esters is 1. The number of para-hydroxylation sites is 1. The van der Waals surface area contributed by atoms with Crippen molar-refractivity contribution >= 4 is 27.5 Å². The second-order valence-corrected chi connectivity index (χ2v) is 7.85. The molecule has 1 aliphatic rings. The van der Waals surface area contributed by atoms with Crippen LogP contribution < -0.4 is 0 Å². The summed E-state index contributed by atoms with van der Waals surface area (Å²) in [5, 5.41) is 1.25. The number of benzene rings is 2. The summed E-state index contributed by atoms with van der Waals surface area (Å²) in [5.74, 6) is 0.211. The lowest BCUT2D eigenvalue weighted by Gasteiger charge is -2.31. The number of aromatic nitrogens is 1. The van der Waals surface area contributed by atoms with Crippen molar-refractivity contribution in [3.05, 3.63) is 64.7 Å². The van der Waals surface area contributed by atoms with E-state index in [9.17, 15) is 4.79 Å². The number of carbonyl (C=O) groups is 1. The van der Waals surface area contributed by atoms with Gasteiger partial charge in [0.05, 0.1) is 27.9 Å². The molecule has 0 bridgehead atoms. The lowest BCUT2D eigenvalue weighted by Crippen LogP contribution is -2.33. The molecule has 5 heteroatoms. The molecule has 0 N–H and O–H groups in total. The van der Waals surface area contributed by atoms with Gasteiger partial charge in [-0.15, -0.1) is 11.3 Å². The van der Waals surface area contributed by atoms with E-state index in [1.54, 1.807) is 6.07 Å². The molecule has 1 aromatic heterocycles. The van der Waals surface area contributed by atoms with Crippen LogP contribution in [0.15, 0.2) is 48.5 Å². The molecule has 0 saturated carbocycles. The zero-order valence-electron chi connectivity index (χ0n) is 14.9. The van der Waals surface area contributed by atoms with Gasteiger partial charge < -0.3 is 4.74 Å². The van der Waals surface area contributed by atoms with Crippen molar-refractivity contribution in [1.82, 2.24) is 9.88 Å². The van der Waals surface area contributed by atoms with Gasteiger partial charge in [0, 0.05) is 19.0 Å². The SMILES string of the molecule is COC(=O)c1cccc(CN2CCC[C@@H](c3nc4ccccc4s3)C2)c1. The number of hydrogen-bond donors (Lipinski definition) is 0. The molecule has 1 aliphatic heterocycles. The highest BCUT2D eigenvalue weighted by Gasteiger charge is 2.24. The first kappa shape index (κ1) is 17.2. The number of hydrogen-bond acceptors (Lipinski definition) is 5. The van der Waals surface area contributed by atoms with Gasteiger partial charge in [-0.1, -0.05) is 24.3 Å². The number of likely N-dealkylation sites (tertiary alicyclic amines) is 1. The number of carbonyl (C=O) groups excluding carboxylic acids is 1. The quantitative estimate of drug-likeness (QED) is 0.639. The predicted molar refractivity (Wildman–Crippen MR) is 105 cm³/mol. The van der Waals surface area contributed by atoms with Gasteiger partial charge in [-0.05, 0) is 49.2 Å². The molecule has 0 unspecified atom stereocenters. The Morgan fingerprint density at radius 1 is 1.27 bits per heavy atom. The van der Waals surface area contributed by atoms with Crippen LogP contribution in [0.4, 0.5) is 0 Å². The maximum Gasteiger partial charge on any atom is 0.337 e. The van der Waals surface area contributed by atoms with Gasteiger partial charge in [0.2, 0.25) is 0 Å². The topological polar surface area (TPSA) is 42.4 Å². The molecule has 3 aromatic rings. The maximum atomic E-state index is 11.7. The summed E-state index contributed by atoms with van der Waals surface area (Å²) in [7, 11) is 1.42. The summed E-state index contributed by atoms with van der Waals surface area (Å²) in [5.41, 5.74) is 2.87. The summed E-state index contributed by atoms with van der Waals surface area (Å²) in [6, 6.07) is 16.1. The van der Waals surface area contributed by atoms with Crippen molar-refractivity contribution in [2.24, 2.45) is 0 Å². The fourth-order valence-corrected chi connectivity index (χ4v) is 4.73. The van der Waals surface area contributed by atoms with E-state index >= 15 is 0 Å². The highest BCUT2D eigenvalue weighted by molar-refractivity contribution is 7.18. The lowest BCUT2D eigenvalue weighted by molar-refractivity contribution is 0.0600. The second kappa shape index (κ2) is 7.56. The molecule has 1 atom stereocenters. The minimum absolute atomic E-state index is 0.280. The van der Waals surface area contributed by atoms with E-state index < -0.39 is 0 Å². The number of ether oxygens (including phenoxy) is 1. The van der Waals surface area contributed by atoms with Crippen LogP contribution in [0.25, 0.3) is 10.2 Å². The average molecular weight is 366 g/mol. The Kier molecular flexibility index (Phi) is 5.00. The van der Waals surface area contributed by atoms with Gasteiger partial charge >= 0.3 is 5.97 Å². The lowest BCUT2D eigenvalue weighted by atomic mass is 9.98. The highest BCUT2D eigenvalue weighted by atomic mass is 32.1. The molecule has 0 amide bonds. The summed E-state index contributed by atoms with van der Waals surface area (Å²) in [6.07, 6.45) is 2.37. The van der Waals surface area contributed by atoms with Crippen LogP contribution in [0.5, 0.6) is 0 Å². The zero-order valence-corrected chi connectivity index (χ0v) is 15.7. The first-order valence-corrected chi connectivity index (χ1v) is 9.79. The van der Waals surface area contributed by atoms with Gasteiger partial charge in [-0.2, -0.15) is 0 Å². The number of thiazole rings is 1. The Bertz CT molecular complexity index is 888. The van der Waals surface area contributed by atoms with Crippen LogP contribution in [-0.4, -0.2) is 36.1 Å². The van der Waals surface area contributed by atoms with Crippen LogP contribution in [0.2, 0.25) is 0 Å². The van der Waals surface area contributed by atoms with E-state index in [1.165, 1.54) is 29.7 Å². The number of rotatable bonds is 4. The Morgan fingerprint density at radius 3 is 3.00 bits per heavy atom. The van der Waals surface area contributed by atoms with E-state index in [1.807, 2.05) is 29.5 Å². The standard InChI is InChI=1S/C21H22N2O2S/c1-25-21(24)16-7-4-6-15(12-16)13-23-11-5-8-17(14-23)20-22-18-9-2-3-10-19(18)26-20/h2-4,6-7,9-10,12,17H,5,8,11,13-14H2,1H3/t17-/m1/s1. The first-order chi connectivity index (χ1) is 12.7. The van der Waals surface area contributed by atoms with E-state index in [4.69, 9.17) is 9.72 Å². The van der Waals surface area contributed by atoms with Crippen LogP contribution >= 0.6 is 11.3 Å². The second-order valence-electron chi connectivity index (χ2n) is 6.79. The van der Waals surface area contributed by atoms with E-state index in [2.05, 4.69) is 29.2 Å². The van der Waals surface area contributed by atoms with Crippen LogP contribution in [0.3, 0.4) is 0 Å². The Labute approximate surface area is 157 Å². The van der Waals surface area contributed by atoms with Gasteiger partial charge in [0.1, 0.15) is 0 Å². The van der Waals surface area contributed by atoms with Crippen molar-refractivity contribution in [2.75, 3.05) is 20.2 Å². The molecular weight excluding hydrogens is 344 g/mol. The maximum absolute atomic E-state index is 11.7. The van der Waals surface area contributed by atoms with Crippen molar-refractivity contribution < 1.29 is 9.53 Å². The summed E-state index contributed by atoms with van der Waals surface area (Å²) in [6.45, 7) is 2.96. The molecule has 134 valence electrons. The van der Waals surface area contributed by atoms with Gasteiger partial charge in [0.25, 0.3) is 0 Å². The summed E-state index contributed by atoms with van der Waals surface area (Å²) < 4.78 is 6.09. The Morgan fingerprint density at radius 2 is 2.15 bits per heavy atom. The Balaban J connectivity index is 1.47.